The molecule has 2 unspecified atom stereocenters. The van der Waals surface area contributed by atoms with E-state index in [1.807, 2.05) is 18.0 Å². The van der Waals surface area contributed by atoms with Crippen molar-refractivity contribution in [2.45, 2.75) is 57.7 Å². The minimum absolute atomic E-state index is 0.0144. The molecule has 0 amide bonds. The third-order valence-electron chi connectivity index (χ3n) is 4.36. The van der Waals surface area contributed by atoms with Crippen LogP contribution in [0.1, 0.15) is 44.6 Å². The molecule has 1 aromatic rings. The molecule has 0 heterocycles. The lowest BCUT2D eigenvalue weighted by Crippen LogP contribution is -2.44. The molecule has 2 N–H and O–H groups in total. The summed E-state index contributed by atoms with van der Waals surface area (Å²) in [5, 5.41) is 13.5. The Kier molecular flexibility index (Phi) is 6.00. The summed E-state index contributed by atoms with van der Waals surface area (Å²) in [6.45, 7) is 3.70. The van der Waals surface area contributed by atoms with Crippen LogP contribution in [0, 0.1) is 5.82 Å². The summed E-state index contributed by atoms with van der Waals surface area (Å²) < 4.78 is 14.3. The summed E-state index contributed by atoms with van der Waals surface area (Å²) in [6.07, 6.45) is 4.60. The van der Waals surface area contributed by atoms with Crippen LogP contribution in [0.2, 0.25) is 0 Å². The van der Waals surface area contributed by atoms with Crippen molar-refractivity contribution in [3.05, 3.63) is 29.6 Å². The molecule has 0 saturated heterocycles. The number of nitrogens with zero attached hydrogens (tertiary/aromatic N) is 1. The molecule has 1 aliphatic rings. The van der Waals surface area contributed by atoms with E-state index in [0.717, 1.165) is 44.2 Å². The predicted molar refractivity (Wildman–Crippen MR) is 85.1 cm³/mol. The zero-order valence-electron chi connectivity index (χ0n) is 13.1. The van der Waals surface area contributed by atoms with Crippen LogP contribution < -0.4 is 10.2 Å². The number of hydrogen-bond donors (Lipinski definition) is 2. The van der Waals surface area contributed by atoms with E-state index in [9.17, 15) is 9.50 Å². The first-order valence-electron chi connectivity index (χ1n) is 8.04. The van der Waals surface area contributed by atoms with Crippen molar-refractivity contribution in [1.82, 2.24) is 5.32 Å². The van der Waals surface area contributed by atoms with E-state index >= 15 is 0 Å². The average molecular weight is 294 g/mol. The highest BCUT2D eigenvalue weighted by atomic mass is 19.1. The summed E-state index contributed by atoms with van der Waals surface area (Å²) in [5.41, 5.74) is 1.59. The number of hydrogen-bond acceptors (Lipinski definition) is 3. The van der Waals surface area contributed by atoms with Crippen LogP contribution in [-0.2, 0) is 6.54 Å². The van der Waals surface area contributed by atoms with E-state index in [1.54, 1.807) is 6.07 Å². The molecule has 0 bridgehead atoms. The number of aliphatic hydroxyl groups is 1. The van der Waals surface area contributed by atoms with Gasteiger partial charge in [0.1, 0.15) is 5.82 Å². The number of aliphatic hydroxyl groups excluding tert-OH is 1. The van der Waals surface area contributed by atoms with Gasteiger partial charge in [0.25, 0.3) is 0 Å². The Hall–Kier alpha value is -1.13. The SMILES string of the molecule is CCCNCc1cccc(F)c1N(C)C1CCCCC1O. The van der Waals surface area contributed by atoms with Crippen LogP contribution >= 0.6 is 0 Å². The lowest BCUT2D eigenvalue weighted by Gasteiger charge is -2.37. The Morgan fingerprint density at radius 3 is 2.81 bits per heavy atom. The number of anilines is 1. The quantitative estimate of drug-likeness (QED) is 0.792. The van der Waals surface area contributed by atoms with Crippen molar-refractivity contribution in [3.8, 4) is 0 Å². The van der Waals surface area contributed by atoms with E-state index in [0.29, 0.717) is 12.2 Å². The molecule has 2 atom stereocenters. The van der Waals surface area contributed by atoms with Crippen LogP contribution in [0.3, 0.4) is 0 Å². The molecule has 1 aromatic carbocycles. The molecular formula is C17H27FN2O. The molecule has 21 heavy (non-hydrogen) atoms. The second-order valence-corrected chi connectivity index (χ2v) is 5.95. The van der Waals surface area contributed by atoms with Gasteiger partial charge < -0.3 is 15.3 Å². The zero-order chi connectivity index (χ0) is 15.2. The van der Waals surface area contributed by atoms with Crippen molar-refractivity contribution in [3.63, 3.8) is 0 Å². The smallest absolute Gasteiger partial charge is 0.146 e. The Balaban J connectivity index is 2.19. The summed E-state index contributed by atoms with van der Waals surface area (Å²) >= 11 is 0. The molecule has 2 rings (SSSR count). The average Bonchev–Trinajstić information content (AvgIpc) is 2.47. The lowest BCUT2D eigenvalue weighted by atomic mass is 9.91. The van der Waals surface area contributed by atoms with Gasteiger partial charge in [0.2, 0.25) is 0 Å². The molecule has 0 radical (unpaired) electrons. The van der Waals surface area contributed by atoms with E-state index in [4.69, 9.17) is 0 Å². The Labute approximate surface area is 127 Å². The van der Waals surface area contributed by atoms with Gasteiger partial charge in [-0.25, -0.2) is 4.39 Å². The minimum Gasteiger partial charge on any atom is -0.391 e. The van der Waals surface area contributed by atoms with Gasteiger partial charge in [0.05, 0.1) is 17.8 Å². The minimum atomic E-state index is -0.361. The van der Waals surface area contributed by atoms with Crippen molar-refractivity contribution >= 4 is 5.69 Å². The fourth-order valence-electron chi connectivity index (χ4n) is 3.21. The number of nitrogens with one attached hydrogen (secondary N) is 1. The van der Waals surface area contributed by atoms with Gasteiger partial charge in [-0.2, -0.15) is 0 Å². The number of likely N-dealkylation sites (N-methyl/N-ethyl adjacent to an activating group) is 1. The molecule has 1 saturated carbocycles. The van der Waals surface area contributed by atoms with Crippen LogP contribution in [0.5, 0.6) is 0 Å². The normalized spacial score (nSPS) is 22.3. The van der Waals surface area contributed by atoms with Gasteiger partial charge in [-0.3, -0.25) is 0 Å². The predicted octanol–water partition coefficient (Wildman–Crippen LogP) is 3.07. The maximum atomic E-state index is 14.3. The summed E-state index contributed by atoms with van der Waals surface area (Å²) in [4.78, 5) is 1.95. The Bertz CT molecular complexity index is 452. The second kappa shape index (κ2) is 7.76. The fraction of sp³-hybridized carbons (Fsp3) is 0.647. The first-order chi connectivity index (χ1) is 10.1. The maximum Gasteiger partial charge on any atom is 0.146 e. The number of rotatable bonds is 6. The molecule has 0 aromatic heterocycles. The molecule has 118 valence electrons. The van der Waals surface area contributed by atoms with E-state index in [1.165, 1.54) is 6.07 Å². The van der Waals surface area contributed by atoms with Crippen LogP contribution in [0.4, 0.5) is 10.1 Å². The van der Waals surface area contributed by atoms with Crippen molar-refractivity contribution < 1.29 is 9.50 Å². The van der Waals surface area contributed by atoms with Crippen LogP contribution in [0.15, 0.2) is 18.2 Å². The summed E-state index contributed by atoms with van der Waals surface area (Å²) in [7, 11) is 1.90. The third-order valence-corrected chi connectivity index (χ3v) is 4.36. The van der Waals surface area contributed by atoms with Gasteiger partial charge in [0.15, 0.2) is 0 Å². The largest absolute Gasteiger partial charge is 0.391 e. The Morgan fingerprint density at radius 1 is 1.33 bits per heavy atom. The molecule has 1 aliphatic carbocycles. The highest BCUT2D eigenvalue weighted by molar-refractivity contribution is 5.55. The van der Waals surface area contributed by atoms with Crippen molar-refractivity contribution in [2.24, 2.45) is 0 Å². The van der Waals surface area contributed by atoms with Crippen LogP contribution in [-0.4, -0.2) is 30.8 Å². The van der Waals surface area contributed by atoms with Crippen molar-refractivity contribution in [2.75, 3.05) is 18.5 Å². The molecular weight excluding hydrogens is 267 g/mol. The maximum absolute atomic E-state index is 14.3. The van der Waals surface area contributed by atoms with Crippen molar-refractivity contribution in [1.29, 1.82) is 0 Å². The van der Waals surface area contributed by atoms with Gasteiger partial charge in [0, 0.05) is 13.6 Å². The zero-order valence-corrected chi connectivity index (χ0v) is 13.1. The number of para-hydroxylation sites is 1. The topological polar surface area (TPSA) is 35.5 Å². The van der Waals surface area contributed by atoms with Gasteiger partial charge in [-0.1, -0.05) is 31.9 Å². The highest BCUT2D eigenvalue weighted by Gasteiger charge is 2.29. The van der Waals surface area contributed by atoms with E-state index in [-0.39, 0.29) is 18.0 Å². The molecule has 0 aliphatic heterocycles. The number of benzene rings is 1. The standard InChI is InChI=1S/C17H27FN2O/c1-3-11-19-12-13-7-6-8-14(18)17(13)20(2)15-9-4-5-10-16(15)21/h6-8,15-16,19,21H,3-5,9-12H2,1-2H3. The third kappa shape index (κ3) is 3.95. The lowest BCUT2D eigenvalue weighted by molar-refractivity contribution is 0.106. The summed E-state index contributed by atoms with van der Waals surface area (Å²) in [5.74, 6) is -0.203. The van der Waals surface area contributed by atoms with Gasteiger partial charge >= 0.3 is 0 Å². The molecule has 3 nitrogen and oxygen atoms in total. The van der Waals surface area contributed by atoms with E-state index < -0.39 is 0 Å². The Morgan fingerprint density at radius 2 is 2.10 bits per heavy atom. The molecule has 1 fully saturated rings. The fourth-order valence-corrected chi connectivity index (χ4v) is 3.21. The second-order valence-electron chi connectivity index (χ2n) is 5.95. The number of halogens is 1. The van der Waals surface area contributed by atoms with Crippen LogP contribution in [0.25, 0.3) is 0 Å². The van der Waals surface area contributed by atoms with Gasteiger partial charge in [-0.15, -0.1) is 0 Å². The van der Waals surface area contributed by atoms with E-state index in [2.05, 4.69) is 12.2 Å². The molecule has 0 spiro atoms. The first kappa shape index (κ1) is 16.2. The summed E-state index contributed by atoms with van der Waals surface area (Å²) in [6, 6.07) is 5.24. The monoisotopic (exact) mass is 294 g/mol. The first-order valence-corrected chi connectivity index (χ1v) is 8.04. The highest BCUT2D eigenvalue weighted by Crippen LogP contribution is 2.30. The molecule has 4 heteroatoms. The van der Waals surface area contributed by atoms with Gasteiger partial charge in [-0.05, 0) is 37.4 Å².